The summed E-state index contributed by atoms with van der Waals surface area (Å²) >= 11 is 6.46. The number of halogens is 1. The molecule has 2 saturated carbocycles. The van der Waals surface area contributed by atoms with Crippen molar-refractivity contribution in [2.45, 2.75) is 90.9 Å². The zero-order valence-electron chi connectivity index (χ0n) is 22.3. The fraction of sp³-hybridized carbons (Fsp3) is 0.633. The summed E-state index contributed by atoms with van der Waals surface area (Å²) in [4.78, 5) is 27.8. The Morgan fingerprint density at radius 3 is 2.47 bits per heavy atom. The minimum absolute atomic E-state index is 0.00405. The number of carbonyl (C=O) groups excluding carboxylic acids is 2. The topological polar surface area (TPSA) is 63.4 Å². The van der Waals surface area contributed by atoms with Crippen molar-refractivity contribution in [1.29, 1.82) is 0 Å². The second-order valence-corrected chi connectivity index (χ2v) is 13.2. The molecule has 3 aliphatic rings. The first-order chi connectivity index (χ1) is 17.0. The number of benzene rings is 1. The number of amides is 1. The molecule has 2 aliphatic carbocycles. The van der Waals surface area contributed by atoms with E-state index < -0.39 is 0 Å². The Morgan fingerprint density at radius 2 is 1.86 bits per heavy atom. The van der Waals surface area contributed by atoms with E-state index in [0.717, 1.165) is 54.2 Å². The summed E-state index contributed by atoms with van der Waals surface area (Å²) in [6, 6.07) is 5.83. The van der Waals surface area contributed by atoms with Gasteiger partial charge in [-0.1, -0.05) is 49.7 Å². The van der Waals surface area contributed by atoms with Crippen LogP contribution in [0.15, 0.2) is 22.7 Å². The average Bonchev–Trinajstić information content (AvgIpc) is 3.34. The first-order valence-corrected chi connectivity index (χ1v) is 13.9. The van der Waals surface area contributed by atoms with Crippen LogP contribution in [0.1, 0.15) is 106 Å². The molecule has 0 radical (unpaired) electrons. The van der Waals surface area contributed by atoms with Crippen LogP contribution in [0.2, 0.25) is 5.02 Å². The maximum Gasteiger partial charge on any atom is 0.219 e. The van der Waals surface area contributed by atoms with Gasteiger partial charge in [-0.3, -0.25) is 9.59 Å². The Balaban J connectivity index is 1.39. The van der Waals surface area contributed by atoms with Crippen LogP contribution in [-0.4, -0.2) is 34.8 Å². The lowest BCUT2D eigenvalue weighted by Crippen LogP contribution is -2.28. The van der Waals surface area contributed by atoms with E-state index >= 15 is 0 Å². The number of rotatable bonds is 7. The highest BCUT2D eigenvalue weighted by atomic mass is 35.5. The third-order valence-electron chi connectivity index (χ3n) is 8.38. The Labute approximate surface area is 219 Å². The second-order valence-electron chi connectivity index (χ2n) is 12.8. The maximum absolute atomic E-state index is 13.6. The minimum atomic E-state index is -0.295. The summed E-state index contributed by atoms with van der Waals surface area (Å²) in [5.74, 6) is 2.42. The van der Waals surface area contributed by atoms with Crippen molar-refractivity contribution in [1.82, 2.24) is 10.1 Å². The van der Waals surface area contributed by atoms with Gasteiger partial charge in [-0.15, -0.1) is 0 Å². The van der Waals surface area contributed by atoms with Crippen LogP contribution < -0.4 is 0 Å². The van der Waals surface area contributed by atoms with E-state index in [4.69, 9.17) is 16.1 Å². The van der Waals surface area contributed by atoms with Crippen LogP contribution in [0.25, 0.3) is 0 Å². The fourth-order valence-corrected chi connectivity index (χ4v) is 6.73. The summed E-state index contributed by atoms with van der Waals surface area (Å²) in [5, 5.41) is 5.26. The molecule has 194 valence electrons. The van der Waals surface area contributed by atoms with E-state index in [1.807, 2.05) is 25.1 Å². The van der Waals surface area contributed by atoms with Crippen LogP contribution in [-0.2, 0) is 16.0 Å². The highest BCUT2D eigenvalue weighted by Gasteiger charge is 2.47. The molecule has 1 aliphatic heterocycles. The molecule has 5 rings (SSSR count). The minimum Gasteiger partial charge on any atom is -0.361 e. The van der Waals surface area contributed by atoms with Crippen LogP contribution in [0.3, 0.4) is 0 Å². The summed E-state index contributed by atoms with van der Waals surface area (Å²) in [6.45, 7) is 11.5. The van der Waals surface area contributed by atoms with E-state index in [9.17, 15) is 9.59 Å². The Morgan fingerprint density at radius 1 is 1.14 bits per heavy atom. The Hall–Kier alpha value is -2.14. The van der Waals surface area contributed by atoms with E-state index in [1.54, 1.807) is 11.8 Å². The van der Waals surface area contributed by atoms with Gasteiger partial charge in [-0.25, -0.2) is 0 Å². The molecule has 6 heteroatoms. The predicted molar refractivity (Wildman–Crippen MR) is 141 cm³/mol. The molecule has 0 spiro atoms. The lowest BCUT2D eigenvalue weighted by molar-refractivity contribution is -0.128. The molecule has 2 heterocycles. The van der Waals surface area contributed by atoms with E-state index in [1.165, 1.54) is 12.0 Å². The zero-order chi connectivity index (χ0) is 25.8. The second kappa shape index (κ2) is 9.63. The largest absolute Gasteiger partial charge is 0.361 e. The quantitative estimate of drug-likeness (QED) is 0.410. The molecule has 1 amide bonds. The van der Waals surface area contributed by atoms with E-state index in [2.05, 4.69) is 25.9 Å². The molecule has 0 N–H and O–H groups in total. The number of Topliss-reactive ketones (excluding diaryl/α,β-unsaturated/α-hetero) is 1. The van der Waals surface area contributed by atoms with Gasteiger partial charge < -0.3 is 9.42 Å². The highest BCUT2D eigenvalue weighted by Crippen LogP contribution is 2.54. The molecule has 2 aromatic rings. The van der Waals surface area contributed by atoms with Gasteiger partial charge in [-0.05, 0) is 73.5 Å². The van der Waals surface area contributed by atoms with E-state index in [0.29, 0.717) is 35.4 Å². The van der Waals surface area contributed by atoms with Crippen LogP contribution in [0.4, 0.5) is 0 Å². The fourth-order valence-electron chi connectivity index (χ4n) is 6.43. The molecule has 1 aromatic carbocycles. The third-order valence-corrected chi connectivity index (χ3v) is 8.73. The molecule has 1 saturated heterocycles. The standard InChI is InChI=1S/C30H39ClN2O3/c1-17-6-7-21(25(31)10-17)13-26(35)23-15-33(18(2)34)16-24(23)28-27(20-8-9-20)29(36-32-28)22-11-19(12-22)14-30(3,4)5/h6-7,10,19-20,22-24H,8-9,11-16H2,1-5H3/t19?,22?,23-,24?/m0/s1. The normalized spacial score (nSPS) is 26.2. The Kier molecular flexibility index (Phi) is 6.82. The van der Waals surface area contributed by atoms with Gasteiger partial charge in [0.05, 0.1) is 5.69 Å². The number of likely N-dealkylation sites (tertiary alicyclic amines) is 1. The first-order valence-electron chi connectivity index (χ1n) is 13.5. The Bertz CT molecular complexity index is 1150. The number of aromatic nitrogens is 1. The summed E-state index contributed by atoms with van der Waals surface area (Å²) in [5.41, 5.74) is 4.45. The number of hydrogen-bond acceptors (Lipinski definition) is 4. The third kappa shape index (κ3) is 5.27. The molecule has 0 bridgehead atoms. The summed E-state index contributed by atoms with van der Waals surface area (Å²) in [7, 11) is 0. The van der Waals surface area contributed by atoms with Gasteiger partial charge in [0.15, 0.2) is 0 Å². The first kappa shape index (κ1) is 25.5. The van der Waals surface area contributed by atoms with Crippen molar-refractivity contribution in [2.75, 3.05) is 13.1 Å². The zero-order valence-corrected chi connectivity index (χ0v) is 23.0. The molecular weight excluding hydrogens is 472 g/mol. The van der Waals surface area contributed by atoms with Crippen molar-refractivity contribution >= 4 is 23.3 Å². The van der Waals surface area contributed by atoms with Crippen LogP contribution >= 0.6 is 11.6 Å². The van der Waals surface area contributed by atoms with Crippen LogP contribution in [0, 0.1) is 24.2 Å². The lowest BCUT2D eigenvalue weighted by atomic mass is 9.66. The number of ketones is 1. The number of aryl methyl sites for hydroxylation is 1. The van der Waals surface area contributed by atoms with Gasteiger partial charge in [0.25, 0.3) is 0 Å². The highest BCUT2D eigenvalue weighted by molar-refractivity contribution is 6.31. The molecule has 3 fully saturated rings. The van der Waals surface area contributed by atoms with Crippen molar-refractivity contribution in [2.24, 2.45) is 17.3 Å². The molecule has 1 unspecified atom stereocenters. The van der Waals surface area contributed by atoms with Gasteiger partial charge in [0.1, 0.15) is 11.5 Å². The number of hydrogen-bond donors (Lipinski definition) is 0. The average molecular weight is 511 g/mol. The van der Waals surface area contributed by atoms with Gasteiger partial charge in [0, 0.05) is 54.8 Å². The molecular formula is C30H39ClN2O3. The van der Waals surface area contributed by atoms with Crippen molar-refractivity contribution in [3.63, 3.8) is 0 Å². The summed E-state index contributed by atoms with van der Waals surface area (Å²) < 4.78 is 6.08. The number of nitrogens with zero attached hydrogens (tertiary/aromatic N) is 2. The molecule has 5 nitrogen and oxygen atoms in total. The van der Waals surface area contributed by atoms with Crippen LogP contribution in [0.5, 0.6) is 0 Å². The monoisotopic (exact) mass is 510 g/mol. The molecule has 1 aromatic heterocycles. The lowest BCUT2D eigenvalue weighted by Gasteiger charge is -2.38. The van der Waals surface area contributed by atoms with Crippen molar-refractivity contribution < 1.29 is 14.1 Å². The summed E-state index contributed by atoms with van der Waals surface area (Å²) in [6.07, 6.45) is 6.12. The number of carbonyl (C=O) groups is 2. The molecule has 2 atom stereocenters. The van der Waals surface area contributed by atoms with Gasteiger partial charge >= 0.3 is 0 Å². The molecule has 36 heavy (non-hydrogen) atoms. The van der Waals surface area contributed by atoms with Gasteiger partial charge in [0.2, 0.25) is 5.91 Å². The van der Waals surface area contributed by atoms with Crippen molar-refractivity contribution in [3.05, 3.63) is 51.4 Å². The SMILES string of the molecule is CC(=O)N1CC(c2noc(C3CC(CC(C)(C)C)C3)c2C2CC2)[C@@H](C(=O)Cc2ccc(C)cc2Cl)C1. The van der Waals surface area contributed by atoms with E-state index in [-0.39, 0.29) is 29.9 Å². The maximum atomic E-state index is 13.6. The van der Waals surface area contributed by atoms with Crippen molar-refractivity contribution in [3.8, 4) is 0 Å². The predicted octanol–water partition coefficient (Wildman–Crippen LogP) is 6.82. The smallest absolute Gasteiger partial charge is 0.219 e. The van der Waals surface area contributed by atoms with Gasteiger partial charge in [-0.2, -0.15) is 0 Å².